The summed E-state index contributed by atoms with van der Waals surface area (Å²) < 4.78 is 4.64. The van der Waals surface area contributed by atoms with Gasteiger partial charge in [0.05, 0.1) is 19.3 Å². The standard InChI is InChI=1S/C12H16N2O3S/c1-17-12(16)11-9(4-5-18-11)14-10(15)7-13-6-8-2-3-8/h4-5,8,13H,2-3,6-7H2,1H3,(H,14,15). The van der Waals surface area contributed by atoms with E-state index in [1.54, 1.807) is 11.4 Å². The van der Waals surface area contributed by atoms with E-state index in [2.05, 4.69) is 15.4 Å². The fourth-order valence-corrected chi connectivity index (χ4v) is 2.33. The summed E-state index contributed by atoms with van der Waals surface area (Å²) in [6.07, 6.45) is 2.51. The van der Waals surface area contributed by atoms with E-state index in [0.717, 1.165) is 12.5 Å². The van der Waals surface area contributed by atoms with Gasteiger partial charge in [-0.2, -0.15) is 0 Å². The van der Waals surface area contributed by atoms with Gasteiger partial charge in [0.25, 0.3) is 0 Å². The lowest BCUT2D eigenvalue weighted by molar-refractivity contribution is -0.115. The zero-order valence-electron chi connectivity index (χ0n) is 10.2. The number of thiophene rings is 1. The number of rotatable bonds is 6. The van der Waals surface area contributed by atoms with Crippen molar-refractivity contribution >= 4 is 28.9 Å². The molecule has 18 heavy (non-hydrogen) atoms. The molecule has 1 aliphatic carbocycles. The third-order valence-electron chi connectivity index (χ3n) is 2.73. The van der Waals surface area contributed by atoms with E-state index in [-0.39, 0.29) is 12.5 Å². The van der Waals surface area contributed by atoms with Crippen LogP contribution >= 0.6 is 11.3 Å². The molecular formula is C12H16N2O3S. The predicted molar refractivity (Wildman–Crippen MR) is 69.9 cm³/mol. The smallest absolute Gasteiger partial charge is 0.350 e. The van der Waals surface area contributed by atoms with Gasteiger partial charge < -0.3 is 15.4 Å². The Balaban J connectivity index is 1.82. The Hall–Kier alpha value is -1.40. The van der Waals surface area contributed by atoms with Gasteiger partial charge in [-0.05, 0) is 36.8 Å². The molecule has 1 heterocycles. The zero-order chi connectivity index (χ0) is 13.0. The fourth-order valence-electron chi connectivity index (χ4n) is 1.56. The van der Waals surface area contributed by atoms with Crippen molar-refractivity contribution in [2.45, 2.75) is 12.8 Å². The summed E-state index contributed by atoms with van der Waals surface area (Å²) in [5.74, 6) is 0.176. The van der Waals surface area contributed by atoms with Gasteiger partial charge in [-0.1, -0.05) is 0 Å². The summed E-state index contributed by atoms with van der Waals surface area (Å²) in [5, 5.41) is 7.55. The maximum atomic E-state index is 11.7. The van der Waals surface area contributed by atoms with Crippen molar-refractivity contribution in [3.05, 3.63) is 16.3 Å². The molecule has 1 fully saturated rings. The highest BCUT2D eigenvalue weighted by Gasteiger charge is 2.21. The SMILES string of the molecule is COC(=O)c1sccc1NC(=O)CNCC1CC1. The van der Waals surface area contributed by atoms with Crippen LogP contribution in [-0.2, 0) is 9.53 Å². The van der Waals surface area contributed by atoms with Crippen molar-refractivity contribution in [1.29, 1.82) is 0 Å². The number of carbonyl (C=O) groups excluding carboxylic acids is 2. The molecule has 6 heteroatoms. The maximum absolute atomic E-state index is 11.7. The molecule has 1 aromatic heterocycles. The molecule has 2 N–H and O–H groups in total. The van der Waals surface area contributed by atoms with Crippen LogP contribution in [0.15, 0.2) is 11.4 Å². The second-order valence-electron chi connectivity index (χ2n) is 4.28. The number of ether oxygens (including phenoxy) is 1. The summed E-state index contributed by atoms with van der Waals surface area (Å²) in [5.41, 5.74) is 0.519. The van der Waals surface area contributed by atoms with Gasteiger partial charge in [-0.15, -0.1) is 11.3 Å². The average Bonchev–Trinajstić information content (AvgIpc) is 3.07. The number of hydrogen-bond donors (Lipinski definition) is 2. The Morgan fingerprint density at radius 2 is 2.28 bits per heavy atom. The molecule has 1 saturated carbocycles. The monoisotopic (exact) mass is 268 g/mol. The van der Waals surface area contributed by atoms with Gasteiger partial charge >= 0.3 is 5.97 Å². The van der Waals surface area contributed by atoms with E-state index in [4.69, 9.17) is 0 Å². The summed E-state index contributed by atoms with van der Waals surface area (Å²) in [6.45, 7) is 1.16. The fraction of sp³-hybridized carbons (Fsp3) is 0.500. The van der Waals surface area contributed by atoms with Gasteiger partial charge in [0.1, 0.15) is 4.88 Å². The third-order valence-corrected chi connectivity index (χ3v) is 3.62. The van der Waals surface area contributed by atoms with Gasteiger partial charge in [0.15, 0.2) is 0 Å². The number of anilines is 1. The molecule has 1 aromatic rings. The Morgan fingerprint density at radius 1 is 1.50 bits per heavy atom. The number of nitrogens with one attached hydrogen (secondary N) is 2. The predicted octanol–water partition coefficient (Wildman–Crippen LogP) is 1.47. The lowest BCUT2D eigenvalue weighted by atomic mass is 10.3. The van der Waals surface area contributed by atoms with Crippen LogP contribution in [0.25, 0.3) is 0 Å². The molecule has 1 amide bonds. The number of amides is 1. The van der Waals surface area contributed by atoms with Crippen LogP contribution in [0.1, 0.15) is 22.5 Å². The van der Waals surface area contributed by atoms with Crippen molar-refractivity contribution in [2.24, 2.45) is 5.92 Å². The highest BCUT2D eigenvalue weighted by molar-refractivity contribution is 7.12. The second kappa shape index (κ2) is 5.97. The molecule has 0 radical (unpaired) electrons. The van der Waals surface area contributed by atoms with E-state index in [0.29, 0.717) is 10.6 Å². The summed E-state index contributed by atoms with van der Waals surface area (Å²) in [7, 11) is 1.32. The Morgan fingerprint density at radius 3 is 2.94 bits per heavy atom. The Bertz CT molecular complexity index is 440. The molecule has 0 spiro atoms. The van der Waals surface area contributed by atoms with Crippen LogP contribution in [-0.4, -0.2) is 32.1 Å². The van der Waals surface area contributed by atoms with Gasteiger partial charge in [-0.25, -0.2) is 4.79 Å². The van der Waals surface area contributed by atoms with E-state index in [9.17, 15) is 9.59 Å². The van der Waals surface area contributed by atoms with Gasteiger partial charge in [0.2, 0.25) is 5.91 Å². The van der Waals surface area contributed by atoms with E-state index >= 15 is 0 Å². The molecule has 1 aliphatic rings. The molecule has 5 nitrogen and oxygen atoms in total. The van der Waals surface area contributed by atoms with E-state index in [1.807, 2.05) is 0 Å². The topological polar surface area (TPSA) is 67.4 Å². The molecular weight excluding hydrogens is 252 g/mol. The number of hydrogen-bond acceptors (Lipinski definition) is 5. The van der Waals surface area contributed by atoms with Crippen LogP contribution in [0.4, 0.5) is 5.69 Å². The number of esters is 1. The first-order valence-electron chi connectivity index (χ1n) is 5.87. The lowest BCUT2D eigenvalue weighted by Crippen LogP contribution is -2.29. The molecule has 0 unspecified atom stereocenters. The van der Waals surface area contributed by atoms with Crippen LogP contribution < -0.4 is 10.6 Å². The molecule has 0 atom stereocenters. The number of methoxy groups -OCH3 is 1. The molecule has 0 aromatic carbocycles. The second-order valence-corrected chi connectivity index (χ2v) is 5.19. The van der Waals surface area contributed by atoms with Crippen molar-refractivity contribution in [1.82, 2.24) is 5.32 Å². The minimum Gasteiger partial charge on any atom is -0.465 e. The van der Waals surface area contributed by atoms with Crippen LogP contribution in [0, 0.1) is 5.92 Å². The number of carbonyl (C=O) groups is 2. The molecule has 0 aliphatic heterocycles. The zero-order valence-corrected chi connectivity index (χ0v) is 11.0. The molecule has 0 saturated heterocycles. The third kappa shape index (κ3) is 3.54. The minimum absolute atomic E-state index is 0.140. The minimum atomic E-state index is -0.425. The molecule has 0 bridgehead atoms. The van der Waals surface area contributed by atoms with Crippen LogP contribution in [0.3, 0.4) is 0 Å². The lowest BCUT2D eigenvalue weighted by Gasteiger charge is -2.06. The van der Waals surface area contributed by atoms with E-state index < -0.39 is 5.97 Å². The van der Waals surface area contributed by atoms with Crippen LogP contribution in [0.2, 0.25) is 0 Å². The quantitative estimate of drug-likeness (QED) is 0.767. The first kappa shape index (κ1) is 13.0. The van der Waals surface area contributed by atoms with E-state index in [1.165, 1.54) is 31.3 Å². The highest BCUT2D eigenvalue weighted by atomic mass is 32.1. The van der Waals surface area contributed by atoms with Gasteiger partial charge in [0, 0.05) is 0 Å². The Kier molecular flexibility index (Phi) is 4.33. The summed E-state index contributed by atoms with van der Waals surface area (Å²) >= 11 is 1.25. The van der Waals surface area contributed by atoms with Gasteiger partial charge in [-0.3, -0.25) is 4.79 Å². The highest BCUT2D eigenvalue weighted by Crippen LogP contribution is 2.27. The summed E-state index contributed by atoms with van der Waals surface area (Å²) in [4.78, 5) is 23.5. The summed E-state index contributed by atoms with van der Waals surface area (Å²) in [6, 6.07) is 1.70. The van der Waals surface area contributed by atoms with Crippen LogP contribution in [0.5, 0.6) is 0 Å². The first-order valence-corrected chi connectivity index (χ1v) is 6.75. The molecule has 2 rings (SSSR count). The van der Waals surface area contributed by atoms with Crippen molar-refractivity contribution < 1.29 is 14.3 Å². The normalized spacial score (nSPS) is 14.3. The van der Waals surface area contributed by atoms with Crippen molar-refractivity contribution in [2.75, 3.05) is 25.5 Å². The average molecular weight is 268 g/mol. The van der Waals surface area contributed by atoms with Crippen molar-refractivity contribution in [3.63, 3.8) is 0 Å². The maximum Gasteiger partial charge on any atom is 0.350 e. The molecule has 98 valence electrons. The van der Waals surface area contributed by atoms with Crippen molar-refractivity contribution in [3.8, 4) is 0 Å². The largest absolute Gasteiger partial charge is 0.465 e. The first-order chi connectivity index (χ1) is 8.70. The Labute approximate surface area is 110 Å².